The Morgan fingerprint density at radius 2 is 2.17 bits per heavy atom. The molecule has 0 aromatic carbocycles. The quantitative estimate of drug-likeness (QED) is 0.791. The molecule has 1 fully saturated rings. The number of ether oxygens (including phenoxy) is 1. The van der Waals surface area contributed by atoms with Gasteiger partial charge in [-0.1, -0.05) is 0 Å². The molecule has 5 heteroatoms. The third-order valence-corrected chi connectivity index (χ3v) is 4.52. The van der Waals surface area contributed by atoms with Crippen molar-refractivity contribution in [1.82, 2.24) is 9.47 Å². The molecule has 0 saturated carbocycles. The van der Waals surface area contributed by atoms with Crippen molar-refractivity contribution in [3.8, 4) is 0 Å². The maximum absolute atomic E-state index is 12.2. The van der Waals surface area contributed by atoms with E-state index in [1.807, 2.05) is 38.8 Å². The van der Waals surface area contributed by atoms with Crippen molar-refractivity contribution >= 4 is 12.3 Å². The molecule has 1 aromatic rings. The Kier molecular flexibility index (Phi) is 5.73. The summed E-state index contributed by atoms with van der Waals surface area (Å²) in [4.78, 5) is 18.4. The zero-order valence-corrected chi connectivity index (χ0v) is 15.9. The molecule has 1 aliphatic rings. The van der Waals surface area contributed by atoms with E-state index in [1.54, 1.807) is 0 Å². The van der Waals surface area contributed by atoms with Gasteiger partial charge in [-0.2, -0.15) is 0 Å². The van der Waals surface area contributed by atoms with Gasteiger partial charge in [0.1, 0.15) is 5.60 Å². The SMILES string of the molecule is CCN=Cc1cc(CC2CCN(C(=O)OC(C)(C)C)C2)n(C)c1C. The minimum absolute atomic E-state index is 0.191. The summed E-state index contributed by atoms with van der Waals surface area (Å²) in [6, 6.07) is 2.23. The number of rotatable bonds is 4. The van der Waals surface area contributed by atoms with Crippen molar-refractivity contribution in [1.29, 1.82) is 0 Å². The molecule has 1 unspecified atom stereocenters. The highest BCUT2D eigenvalue weighted by Gasteiger charge is 2.30. The van der Waals surface area contributed by atoms with Crippen LogP contribution < -0.4 is 0 Å². The average molecular weight is 333 g/mol. The Bertz CT molecular complexity index is 611. The first kappa shape index (κ1) is 18.6. The number of amides is 1. The summed E-state index contributed by atoms with van der Waals surface area (Å²) in [7, 11) is 2.11. The van der Waals surface area contributed by atoms with E-state index in [1.165, 1.54) is 17.0 Å². The molecule has 2 rings (SSSR count). The van der Waals surface area contributed by atoms with Gasteiger partial charge < -0.3 is 14.2 Å². The van der Waals surface area contributed by atoms with Crippen molar-refractivity contribution in [3.05, 3.63) is 23.0 Å². The number of hydrogen-bond acceptors (Lipinski definition) is 3. The Labute approximate surface area is 145 Å². The molecule has 5 nitrogen and oxygen atoms in total. The first-order valence-electron chi connectivity index (χ1n) is 8.84. The number of hydrogen-bond donors (Lipinski definition) is 0. The Morgan fingerprint density at radius 1 is 1.46 bits per heavy atom. The van der Waals surface area contributed by atoms with Crippen LogP contribution in [0.2, 0.25) is 0 Å². The molecule has 134 valence electrons. The monoisotopic (exact) mass is 333 g/mol. The molecule has 0 spiro atoms. The number of aromatic nitrogens is 1. The van der Waals surface area contributed by atoms with E-state index in [-0.39, 0.29) is 6.09 Å². The van der Waals surface area contributed by atoms with Gasteiger partial charge in [-0.3, -0.25) is 4.99 Å². The van der Waals surface area contributed by atoms with Crippen LogP contribution in [-0.4, -0.2) is 47.0 Å². The zero-order chi connectivity index (χ0) is 17.9. The van der Waals surface area contributed by atoms with E-state index < -0.39 is 5.60 Å². The Hall–Kier alpha value is -1.78. The summed E-state index contributed by atoms with van der Waals surface area (Å²) in [5.74, 6) is 0.487. The van der Waals surface area contributed by atoms with Crippen LogP contribution in [0, 0.1) is 12.8 Å². The Morgan fingerprint density at radius 3 is 2.79 bits per heavy atom. The van der Waals surface area contributed by atoms with Gasteiger partial charge in [-0.25, -0.2) is 4.79 Å². The molecule has 24 heavy (non-hydrogen) atoms. The second kappa shape index (κ2) is 7.41. The number of carbonyl (C=O) groups is 1. The lowest BCUT2D eigenvalue weighted by Gasteiger charge is -2.24. The van der Waals surface area contributed by atoms with Crippen LogP contribution in [0.3, 0.4) is 0 Å². The van der Waals surface area contributed by atoms with Crippen molar-refractivity contribution in [2.75, 3.05) is 19.6 Å². The molecule has 0 bridgehead atoms. The molecule has 2 heterocycles. The lowest BCUT2D eigenvalue weighted by molar-refractivity contribution is 0.0288. The first-order chi connectivity index (χ1) is 11.2. The first-order valence-corrected chi connectivity index (χ1v) is 8.84. The highest BCUT2D eigenvalue weighted by molar-refractivity contribution is 5.81. The summed E-state index contributed by atoms with van der Waals surface area (Å²) >= 11 is 0. The van der Waals surface area contributed by atoms with E-state index in [0.717, 1.165) is 32.5 Å². The fraction of sp³-hybridized carbons (Fsp3) is 0.684. The third kappa shape index (κ3) is 4.62. The second-order valence-electron chi connectivity index (χ2n) is 7.65. The fourth-order valence-electron chi connectivity index (χ4n) is 3.09. The topological polar surface area (TPSA) is 46.8 Å². The lowest BCUT2D eigenvalue weighted by atomic mass is 10.0. The van der Waals surface area contributed by atoms with Gasteiger partial charge in [0.05, 0.1) is 0 Å². The highest BCUT2D eigenvalue weighted by Crippen LogP contribution is 2.24. The van der Waals surface area contributed by atoms with Gasteiger partial charge in [0.15, 0.2) is 0 Å². The van der Waals surface area contributed by atoms with E-state index in [2.05, 4.69) is 29.6 Å². The summed E-state index contributed by atoms with van der Waals surface area (Å²) in [6.45, 7) is 12.3. The van der Waals surface area contributed by atoms with Crippen molar-refractivity contribution < 1.29 is 9.53 Å². The summed E-state index contributed by atoms with van der Waals surface area (Å²) in [5.41, 5.74) is 3.30. The standard InChI is InChI=1S/C19H31N3O2/c1-7-20-12-16-11-17(21(6)14(16)2)10-15-8-9-22(13-15)18(23)24-19(3,4)5/h11-12,15H,7-10,13H2,1-6H3. The van der Waals surface area contributed by atoms with Gasteiger partial charge in [0.2, 0.25) is 0 Å². The van der Waals surface area contributed by atoms with E-state index in [9.17, 15) is 4.79 Å². The van der Waals surface area contributed by atoms with Gasteiger partial charge in [-0.15, -0.1) is 0 Å². The molecule has 1 atom stereocenters. The van der Waals surface area contributed by atoms with Crippen LogP contribution >= 0.6 is 0 Å². The van der Waals surface area contributed by atoms with Crippen LogP contribution in [-0.2, 0) is 18.2 Å². The van der Waals surface area contributed by atoms with Crippen LogP contribution in [0.1, 0.15) is 51.1 Å². The maximum Gasteiger partial charge on any atom is 0.410 e. The summed E-state index contributed by atoms with van der Waals surface area (Å²) in [5, 5.41) is 0. The predicted octanol–water partition coefficient (Wildman–Crippen LogP) is 3.57. The summed E-state index contributed by atoms with van der Waals surface area (Å²) in [6.07, 6.45) is 3.78. The molecule has 0 aliphatic carbocycles. The minimum atomic E-state index is -0.433. The normalized spacial score (nSPS) is 18.6. The number of aliphatic imine (C=N–C) groups is 1. The molecule has 0 radical (unpaired) electrons. The fourth-order valence-corrected chi connectivity index (χ4v) is 3.09. The van der Waals surface area contributed by atoms with Crippen molar-refractivity contribution in [2.45, 2.75) is 53.1 Å². The molecule has 1 aliphatic heterocycles. The highest BCUT2D eigenvalue weighted by atomic mass is 16.6. The Balaban J connectivity index is 1.98. The van der Waals surface area contributed by atoms with E-state index in [4.69, 9.17) is 4.74 Å². The van der Waals surface area contributed by atoms with E-state index >= 15 is 0 Å². The molecule has 1 amide bonds. The third-order valence-electron chi connectivity index (χ3n) is 4.52. The lowest BCUT2D eigenvalue weighted by Crippen LogP contribution is -2.35. The van der Waals surface area contributed by atoms with Crippen LogP contribution in [0.5, 0.6) is 0 Å². The average Bonchev–Trinajstić information content (AvgIpc) is 3.04. The van der Waals surface area contributed by atoms with Gasteiger partial charge in [-0.05, 0) is 59.4 Å². The van der Waals surface area contributed by atoms with Crippen LogP contribution in [0.15, 0.2) is 11.1 Å². The van der Waals surface area contributed by atoms with Crippen LogP contribution in [0.25, 0.3) is 0 Å². The smallest absolute Gasteiger partial charge is 0.410 e. The maximum atomic E-state index is 12.2. The number of nitrogens with zero attached hydrogens (tertiary/aromatic N) is 3. The molecular weight excluding hydrogens is 302 g/mol. The minimum Gasteiger partial charge on any atom is -0.444 e. The second-order valence-corrected chi connectivity index (χ2v) is 7.65. The predicted molar refractivity (Wildman–Crippen MR) is 97.9 cm³/mol. The summed E-state index contributed by atoms with van der Waals surface area (Å²) < 4.78 is 7.72. The zero-order valence-electron chi connectivity index (χ0n) is 15.9. The van der Waals surface area contributed by atoms with Crippen LogP contribution in [0.4, 0.5) is 4.79 Å². The molecular formula is C19H31N3O2. The largest absolute Gasteiger partial charge is 0.444 e. The van der Waals surface area contributed by atoms with Gasteiger partial charge >= 0.3 is 6.09 Å². The van der Waals surface area contributed by atoms with Gasteiger partial charge in [0.25, 0.3) is 0 Å². The van der Waals surface area contributed by atoms with E-state index in [0.29, 0.717) is 5.92 Å². The molecule has 1 saturated heterocycles. The number of carbonyl (C=O) groups excluding carboxylic acids is 1. The molecule has 0 N–H and O–H groups in total. The van der Waals surface area contributed by atoms with Crippen molar-refractivity contribution in [2.24, 2.45) is 18.0 Å². The van der Waals surface area contributed by atoms with Gasteiger partial charge in [0, 0.05) is 49.8 Å². The van der Waals surface area contributed by atoms with Crippen molar-refractivity contribution in [3.63, 3.8) is 0 Å². The number of likely N-dealkylation sites (tertiary alicyclic amines) is 1. The molecule has 1 aromatic heterocycles.